The van der Waals surface area contributed by atoms with E-state index >= 15 is 0 Å². The van der Waals surface area contributed by atoms with Crippen LogP contribution in [0.3, 0.4) is 0 Å². The van der Waals surface area contributed by atoms with E-state index in [4.69, 9.17) is 0 Å². The van der Waals surface area contributed by atoms with Crippen LogP contribution in [0.4, 0.5) is 17.1 Å². The molecule has 1 heterocycles. The van der Waals surface area contributed by atoms with Crippen LogP contribution < -0.4 is 10.6 Å². The second-order valence-electron chi connectivity index (χ2n) is 6.26. The number of hydrogen-bond donors (Lipinski definition) is 2. The Balaban J connectivity index is 1.42. The van der Waals surface area contributed by atoms with Gasteiger partial charge in [-0.1, -0.05) is 42.5 Å². The minimum Gasteiger partial charge on any atom is -0.354 e. The summed E-state index contributed by atoms with van der Waals surface area (Å²) in [6.45, 7) is 0.584. The second-order valence-corrected chi connectivity index (χ2v) is 6.26. The van der Waals surface area contributed by atoms with Crippen molar-refractivity contribution < 1.29 is 4.79 Å². The fraction of sp³-hybridized carbons (Fsp3) is 0.0909. The average molecular weight is 356 g/mol. The molecule has 1 amide bonds. The maximum Gasteiger partial charge on any atom is 0.226 e. The summed E-state index contributed by atoms with van der Waals surface area (Å²) in [4.78, 5) is 16.8. The zero-order valence-corrected chi connectivity index (χ0v) is 14.8. The van der Waals surface area contributed by atoms with E-state index in [0.29, 0.717) is 13.0 Å². The Hall–Kier alpha value is -3.60. The lowest BCUT2D eigenvalue weighted by Gasteiger charge is -2.13. The summed E-state index contributed by atoms with van der Waals surface area (Å²) in [6, 6.07) is 25.5. The first kappa shape index (κ1) is 16.8. The molecule has 5 nitrogen and oxygen atoms in total. The van der Waals surface area contributed by atoms with Gasteiger partial charge in [-0.15, -0.1) is 0 Å². The molecule has 0 bridgehead atoms. The number of anilines is 3. The van der Waals surface area contributed by atoms with Crippen LogP contribution in [-0.2, 0) is 11.3 Å². The summed E-state index contributed by atoms with van der Waals surface area (Å²) in [6.07, 6.45) is 2.16. The molecule has 4 aromatic rings. The average Bonchev–Trinajstić information content (AvgIpc) is 3.12. The van der Waals surface area contributed by atoms with Gasteiger partial charge in [-0.2, -0.15) is 0 Å². The number of hydrogen-bond acceptors (Lipinski definition) is 3. The lowest BCUT2D eigenvalue weighted by Crippen LogP contribution is -2.15. The van der Waals surface area contributed by atoms with Gasteiger partial charge in [0.25, 0.3) is 0 Å². The van der Waals surface area contributed by atoms with Crippen LogP contribution in [0.5, 0.6) is 0 Å². The molecule has 5 heteroatoms. The first-order chi connectivity index (χ1) is 13.3. The van der Waals surface area contributed by atoms with Gasteiger partial charge in [0, 0.05) is 18.7 Å². The van der Waals surface area contributed by atoms with Gasteiger partial charge in [-0.25, -0.2) is 4.98 Å². The third-order valence-electron chi connectivity index (χ3n) is 4.36. The molecule has 1 aromatic heterocycles. The molecular formula is C22H20N4O. The van der Waals surface area contributed by atoms with Gasteiger partial charge in [0.15, 0.2) is 0 Å². The number of aromatic nitrogens is 2. The third-order valence-corrected chi connectivity index (χ3v) is 4.36. The van der Waals surface area contributed by atoms with Gasteiger partial charge in [-0.05, 0) is 36.4 Å². The lowest BCUT2D eigenvalue weighted by atomic mass is 10.2. The molecule has 2 N–H and O–H groups in total. The van der Waals surface area contributed by atoms with Crippen LogP contribution in [0, 0.1) is 0 Å². The number of imidazole rings is 1. The number of aryl methyl sites for hydroxylation is 1. The Morgan fingerprint density at radius 1 is 0.852 bits per heavy atom. The molecule has 3 aromatic carbocycles. The largest absolute Gasteiger partial charge is 0.354 e. The zero-order valence-electron chi connectivity index (χ0n) is 14.8. The van der Waals surface area contributed by atoms with Crippen molar-refractivity contribution in [2.75, 3.05) is 10.6 Å². The molecule has 0 fully saturated rings. The Labute approximate surface area is 157 Å². The van der Waals surface area contributed by atoms with Crippen molar-refractivity contribution in [2.45, 2.75) is 13.0 Å². The number of nitrogens with zero attached hydrogens (tertiary/aromatic N) is 2. The highest BCUT2D eigenvalue weighted by molar-refractivity contribution is 5.94. The number of carbonyl (C=O) groups is 1. The van der Waals surface area contributed by atoms with E-state index in [-0.39, 0.29) is 5.91 Å². The van der Waals surface area contributed by atoms with Gasteiger partial charge < -0.3 is 15.2 Å². The number of amides is 1. The number of carbonyl (C=O) groups excluding carboxylic acids is 1. The molecule has 0 spiro atoms. The summed E-state index contributed by atoms with van der Waals surface area (Å²) in [5, 5.41) is 6.35. The van der Waals surface area contributed by atoms with Crippen molar-refractivity contribution in [3.63, 3.8) is 0 Å². The van der Waals surface area contributed by atoms with E-state index in [0.717, 1.165) is 28.1 Å². The second kappa shape index (κ2) is 7.74. The molecule has 0 aliphatic rings. The van der Waals surface area contributed by atoms with E-state index in [1.54, 1.807) is 6.33 Å². The molecule has 0 atom stereocenters. The Morgan fingerprint density at radius 2 is 1.56 bits per heavy atom. The molecule has 4 rings (SSSR count). The van der Waals surface area contributed by atoms with Gasteiger partial charge >= 0.3 is 0 Å². The van der Waals surface area contributed by atoms with Gasteiger partial charge in [0.2, 0.25) is 5.91 Å². The Morgan fingerprint density at radius 3 is 2.41 bits per heavy atom. The van der Waals surface area contributed by atoms with E-state index < -0.39 is 0 Å². The fourth-order valence-electron chi connectivity index (χ4n) is 3.00. The molecular weight excluding hydrogens is 336 g/mol. The van der Waals surface area contributed by atoms with Crippen molar-refractivity contribution in [1.29, 1.82) is 0 Å². The summed E-state index contributed by atoms with van der Waals surface area (Å²) < 4.78 is 2.00. The molecule has 0 radical (unpaired) electrons. The van der Waals surface area contributed by atoms with Gasteiger partial charge in [0.1, 0.15) is 0 Å². The van der Waals surface area contributed by atoms with Crippen molar-refractivity contribution in [3.8, 4) is 0 Å². The highest BCUT2D eigenvalue weighted by atomic mass is 16.1. The quantitative estimate of drug-likeness (QED) is 0.521. The fourth-order valence-corrected chi connectivity index (χ4v) is 3.00. The SMILES string of the molecule is O=C(CCn1cnc2ccccc21)Nc1ccccc1Nc1ccccc1. The maximum atomic E-state index is 12.5. The minimum atomic E-state index is -0.0323. The first-order valence-corrected chi connectivity index (χ1v) is 8.90. The Kier molecular flexibility index (Phi) is 4.83. The monoisotopic (exact) mass is 356 g/mol. The van der Waals surface area contributed by atoms with Crippen LogP contribution in [-0.4, -0.2) is 15.5 Å². The highest BCUT2D eigenvalue weighted by Crippen LogP contribution is 2.25. The molecule has 27 heavy (non-hydrogen) atoms. The molecule has 0 aliphatic carbocycles. The highest BCUT2D eigenvalue weighted by Gasteiger charge is 2.08. The van der Waals surface area contributed by atoms with Crippen molar-refractivity contribution >= 4 is 34.0 Å². The number of nitrogens with one attached hydrogen (secondary N) is 2. The van der Waals surface area contributed by atoms with E-state index in [1.807, 2.05) is 83.4 Å². The summed E-state index contributed by atoms with van der Waals surface area (Å²) in [5.41, 5.74) is 4.59. The topological polar surface area (TPSA) is 59.0 Å². The smallest absolute Gasteiger partial charge is 0.226 e. The summed E-state index contributed by atoms with van der Waals surface area (Å²) >= 11 is 0. The number of para-hydroxylation sites is 5. The summed E-state index contributed by atoms with van der Waals surface area (Å²) in [5.74, 6) is -0.0323. The minimum absolute atomic E-state index is 0.0323. The normalized spacial score (nSPS) is 10.7. The van der Waals surface area contributed by atoms with E-state index in [9.17, 15) is 4.79 Å². The Bertz CT molecular complexity index is 1060. The van der Waals surface area contributed by atoms with Crippen molar-refractivity contribution in [3.05, 3.63) is 85.2 Å². The number of rotatable bonds is 6. The molecule has 0 saturated carbocycles. The van der Waals surface area contributed by atoms with Crippen LogP contribution in [0.15, 0.2) is 85.2 Å². The predicted molar refractivity (Wildman–Crippen MR) is 109 cm³/mol. The van der Waals surface area contributed by atoms with Gasteiger partial charge in [0.05, 0.1) is 28.7 Å². The molecule has 0 saturated heterocycles. The number of fused-ring (bicyclic) bond motifs is 1. The summed E-state index contributed by atoms with van der Waals surface area (Å²) in [7, 11) is 0. The number of benzene rings is 3. The van der Waals surface area contributed by atoms with Crippen molar-refractivity contribution in [1.82, 2.24) is 9.55 Å². The van der Waals surface area contributed by atoms with Crippen LogP contribution in [0.25, 0.3) is 11.0 Å². The molecule has 0 unspecified atom stereocenters. The van der Waals surface area contributed by atoms with Crippen LogP contribution >= 0.6 is 0 Å². The maximum absolute atomic E-state index is 12.5. The molecule has 134 valence electrons. The van der Waals surface area contributed by atoms with Crippen LogP contribution in [0.2, 0.25) is 0 Å². The van der Waals surface area contributed by atoms with Crippen molar-refractivity contribution in [2.24, 2.45) is 0 Å². The standard InChI is InChI=1S/C22H20N4O/c27-22(14-15-26-16-23-20-12-6-7-13-21(20)26)25-19-11-5-4-10-18(19)24-17-8-2-1-3-9-17/h1-13,16,24H,14-15H2,(H,25,27). The predicted octanol–water partition coefficient (Wildman–Crippen LogP) is 4.81. The van der Waals surface area contributed by atoms with Gasteiger partial charge in [-0.3, -0.25) is 4.79 Å². The first-order valence-electron chi connectivity index (χ1n) is 8.90. The molecule has 0 aliphatic heterocycles. The van der Waals surface area contributed by atoms with E-state index in [1.165, 1.54) is 0 Å². The van der Waals surface area contributed by atoms with Crippen LogP contribution in [0.1, 0.15) is 6.42 Å². The zero-order chi connectivity index (χ0) is 18.5. The third kappa shape index (κ3) is 3.98. The van der Waals surface area contributed by atoms with E-state index in [2.05, 4.69) is 15.6 Å². The lowest BCUT2D eigenvalue weighted by molar-refractivity contribution is -0.116.